The lowest BCUT2D eigenvalue weighted by Gasteiger charge is -2.38. The molecule has 2 fully saturated rings. The molecule has 16 heavy (non-hydrogen) atoms. The maximum Gasteiger partial charge on any atom is 0.325 e. The molecule has 0 aromatic carbocycles. The van der Waals surface area contributed by atoms with Crippen LogP contribution in [0.5, 0.6) is 0 Å². The van der Waals surface area contributed by atoms with Crippen LogP contribution in [-0.4, -0.2) is 49.1 Å². The number of rotatable bonds is 2. The maximum absolute atomic E-state index is 12.3. The summed E-state index contributed by atoms with van der Waals surface area (Å²) in [6, 6.07) is 0. The first-order valence-electron chi connectivity index (χ1n) is 5.79. The van der Waals surface area contributed by atoms with Crippen LogP contribution in [0.4, 0.5) is 0 Å². The highest BCUT2D eigenvalue weighted by Gasteiger charge is 2.45. The molecule has 2 aliphatic heterocycles. The second-order valence-electron chi connectivity index (χ2n) is 4.52. The van der Waals surface area contributed by atoms with Gasteiger partial charge in [0.1, 0.15) is 6.54 Å². The van der Waals surface area contributed by atoms with Gasteiger partial charge in [0.25, 0.3) is 0 Å². The van der Waals surface area contributed by atoms with Gasteiger partial charge < -0.3 is 15.0 Å². The van der Waals surface area contributed by atoms with Crippen molar-refractivity contribution >= 4 is 11.9 Å². The number of esters is 1. The first kappa shape index (κ1) is 11.4. The lowest BCUT2D eigenvalue weighted by atomic mass is 9.86. The molecule has 0 aromatic heterocycles. The van der Waals surface area contributed by atoms with Gasteiger partial charge in [-0.15, -0.1) is 0 Å². The Morgan fingerprint density at radius 2 is 2.25 bits per heavy atom. The fraction of sp³-hybridized carbons (Fsp3) is 0.818. The summed E-state index contributed by atoms with van der Waals surface area (Å²) in [6.07, 6.45) is 3.78. The van der Waals surface area contributed by atoms with E-state index >= 15 is 0 Å². The highest BCUT2D eigenvalue weighted by molar-refractivity contribution is 5.90. The zero-order chi connectivity index (χ0) is 11.6. The number of ether oxygens (including phenoxy) is 1. The van der Waals surface area contributed by atoms with Gasteiger partial charge in [-0.05, 0) is 32.2 Å². The van der Waals surface area contributed by atoms with E-state index in [0.717, 1.165) is 32.2 Å². The molecule has 1 atom stereocenters. The molecule has 2 saturated heterocycles. The molecular formula is C11H18N2O3. The third-order valence-corrected chi connectivity index (χ3v) is 3.52. The molecule has 1 spiro atoms. The van der Waals surface area contributed by atoms with Gasteiger partial charge in [-0.25, -0.2) is 0 Å². The van der Waals surface area contributed by atoms with Gasteiger partial charge in [-0.3, -0.25) is 9.59 Å². The minimum absolute atomic E-state index is 0.0710. The fourth-order valence-corrected chi connectivity index (χ4v) is 2.66. The Hall–Kier alpha value is -1.10. The zero-order valence-electron chi connectivity index (χ0n) is 9.62. The quantitative estimate of drug-likeness (QED) is 0.668. The summed E-state index contributed by atoms with van der Waals surface area (Å²) in [4.78, 5) is 25.1. The Labute approximate surface area is 95.1 Å². The highest BCUT2D eigenvalue weighted by atomic mass is 16.5. The van der Waals surface area contributed by atoms with Crippen molar-refractivity contribution in [3.05, 3.63) is 0 Å². The Morgan fingerprint density at radius 1 is 1.50 bits per heavy atom. The third kappa shape index (κ3) is 1.91. The summed E-state index contributed by atoms with van der Waals surface area (Å²) in [6.45, 7) is 1.65. The first-order valence-corrected chi connectivity index (χ1v) is 5.79. The Bertz CT molecular complexity index is 298. The van der Waals surface area contributed by atoms with Crippen LogP contribution in [0, 0.1) is 0 Å². The summed E-state index contributed by atoms with van der Waals surface area (Å²) in [5.41, 5.74) is -0.383. The second kappa shape index (κ2) is 4.41. The minimum atomic E-state index is -0.383. The molecule has 0 bridgehead atoms. The van der Waals surface area contributed by atoms with E-state index in [1.807, 2.05) is 0 Å². The van der Waals surface area contributed by atoms with Gasteiger partial charge in [0.15, 0.2) is 0 Å². The number of carbonyl (C=O) groups excluding carboxylic acids is 2. The van der Waals surface area contributed by atoms with Crippen molar-refractivity contribution < 1.29 is 14.3 Å². The topological polar surface area (TPSA) is 58.6 Å². The van der Waals surface area contributed by atoms with Gasteiger partial charge in [0.05, 0.1) is 12.6 Å². The average molecular weight is 226 g/mol. The van der Waals surface area contributed by atoms with Gasteiger partial charge in [-0.2, -0.15) is 0 Å². The molecule has 0 aromatic rings. The summed E-state index contributed by atoms with van der Waals surface area (Å²) in [5.74, 6) is -0.273. The van der Waals surface area contributed by atoms with Gasteiger partial charge in [-0.1, -0.05) is 0 Å². The van der Waals surface area contributed by atoms with Crippen molar-refractivity contribution in [1.29, 1.82) is 0 Å². The average Bonchev–Trinajstić information content (AvgIpc) is 2.74. The monoisotopic (exact) mass is 226 g/mol. The number of nitrogens with one attached hydrogen (secondary N) is 1. The van der Waals surface area contributed by atoms with E-state index in [9.17, 15) is 9.59 Å². The van der Waals surface area contributed by atoms with E-state index in [-0.39, 0.29) is 24.0 Å². The zero-order valence-corrected chi connectivity index (χ0v) is 9.62. The molecule has 0 unspecified atom stereocenters. The van der Waals surface area contributed by atoms with Gasteiger partial charge in [0.2, 0.25) is 5.91 Å². The van der Waals surface area contributed by atoms with Crippen LogP contribution in [0.1, 0.15) is 25.7 Å². The van der Waals surface area contributed by atoms with E-state index < -0.39 is 0 Å². The summed E-state index contributed by atoms with van der Waals surface area (Å²) >= 11 is 0. The number of hydrogen-bond acceptors (Lipinski definition) is 4. The minimum Gasteiger partial charge on any atom is -0.468 e. The number of piperidine rings is 1. The van der Waals surface area contributed by atoms with Crippen LogP contribution in [0.15, 0.2) is 0 Å². The molecule has 0 radical (unpaired) electrons. The van der Waals surface area contributed by atoms with E-state index in [4.69, 9.17) is 0 Å². The lowest BCUT2D eigenvalue weighted by Crippen LogP contribution is -2.59. The molecule has 2 rings (SSSR count). The van der Waals surface area contributed by atoms with E-state index in [2.05, 4.69) is 10.1 Å². The van der Waals surface area contributed by atoms with Crippen molar-refractivity contribution in [2.75, 3.05) is 26.7 Å². The highest BCUT2D eigenvalue weighted by Crippen LogP contribution is 2.30. The summed E-state index contributed by atoms with van der Waals surface area (Å²) in [7, 11) is 1.35. The molecule has 2 heterocycles. The van der Waals surface area contributed by atoms with Crippen molar-refractivity contribution in [1.82, 2.24) is 10.2 Å². The molecule has 1 N–H and O–H groups in total. The van der Waals surface area contributed by atoms with Gasteiger partial charge >= 0.3 is 5.97 Å². The lowest BCUT2D eigenvalue weighted by molar-refractivity contribution is -0.151. The molecule has 1 amide bonds. The van der Waals surface area contributed by atoms with Crippen molar-refractivity contribution in [3.8, 4) is 0 Å². The van der Waals surface area contributed by atoms with Gasteiger partial charge in [0, 0.05) is 6.54 Å². The molecule has 90 valence electrons. The smallest absolute Gasteiger partial charge is 0.325 e. The standard InChI is InChI=1S/C11H18N2O3/c1-16-9(14)8-13-7-3-5-11(10(13)15)4-2-6-12-11/h12H,2-8H2,1H3/t11-/m1/s1. The van der Waals surface area contributed by atoms with Crippen molar-refractivity contribution in [2.45, 2.75) is 31.2 Å². The van der Waals surface area contributed by atoms with Crippen LogP contribution >= 0.6 is 0 Å². The molecule has 5 heteroatoms. The van der Waals surface area contributed by atoms with Crippen molar-refractivity contribution in [3.63, 3.8) is 0 Å². The largest absolute Gasteiger partial charge is 0.468 e. The fourth-order valence-electron chi connectivity index (χ4n) is 2.66. The maximum atomic E-state index is 12.3. The predicted molar refractivity (Wildman–Crippen MR) is 57.8 cm³/mol. The summed E-state index contributed by atoms with van der Waals surface area (Å²) in [5, 5.41) is 3.30. The molecule has 0 aliphatic carbocycles. The number of nitrogens with zero attached hydrogens (tertiary/aromatic N) is 1. The SMILES string of the molecule is COC(=O)CN1CCC[C@]2(CCCN2)C1=O. The number of likely N-dealkylation sites (tertiary alicyclic amines) is 1. The van der Waals surface area contributed by atoms with Crippen LogP contribution in [0.25, 0.3) is 0 Å². The number of amides is 1. The normalized spacial score (nSPS) is 29.8. The molecule has 5 nitrogen and oxygen atoms in total. The summed E-state index contributed by atoms with van der Waals surface area (Å²) < 4.78 is 4.60. The Morgan fingerprint density at radius 3 is 2.88 bits per heavy atom. The van der Waals surface area contributed by atoms with Crippen LogP contribution in [-0.2, 0) is 14.3 Å². The third-order valence-electron chi connectivity index (χ3n) is 3.52. The molecule has 2 aliphatic rings. The van der Waals surface area contributed by atoms with Crippen LogP contribution in [0.2, 0.25) is 0 Å². The molecular weight excluding hydrogens is 208 g/mol. The number of methoxy groups -OCH3 is 1. The number of carbonyl (C=O) groups is 2. The first-order chi connectivity index (χ1) is 7.68. The van der Waals surface area contributed by atoms with Crippen molar-refractivity contribution in [2.24, 2.45) is 0 Å². The Balaban J connectivity index is 2.05. The van der Waals surface area contributed by atoms with E-state index in [0.29, 0.717) is 6.54 Å². The molecule has 0 saturated carbocycles. The second-order valence-corrected chi connectivity index (χ2v) is 4.52. The number of hydrogen-bond donors (Lipinski definition) is 1. The predicted octanol–water partition coefficient (Wildman–Crippen LogP) is -0.0960. The van der Waals surface area contributed by atoms with E-state index in [1.165, 1.54) is 7.11 Å². The van der Waals surface area contributed by atoms with Crippen LogP contribution in [0.3, 0.4) is 0 Å². The Kier molecular flexibility index (Phi) is 3.14. The van der Waals surface area contributed by atoms with Crippen LogP contribution < -0.4 is 5.32 Å². The van der Waals surface area contributed by atoms with E-state index in [1.54, 1.807) is 4.90 Å².